The molecule has 0 fully saturated rings. The summed E-state index contributed by atoms with van der Waals surface area (Å²) in [6, 6.07) is 15.0. The van der Waals surface area contributed by atoms with Crippen molar-refractivity contribution in [1.29, 1.82) is 0 Å². The molecule has 0 atom stereocenters. The molecule has 0 saturated carbocycles. The van der Waals surface area contributed by atoms with Gasteiger partial charge in [-0.15, -0.1) is 0 Å². The number of nitrogens with one attached hydrogen (secondary N) is 2. The Hall–Kier alpha value is -2.01. The lowest BCUT2D eigenvalue weighted by Crippen LogP contribution is -2.21. The number of ether oxygens (including phenoxy) is 1. The first kappa shape index (κ1) is 15.4. The van der Waals surface area contributed by atoms with Gasteiger partial charge in [-0.2, -0.15) is 0 Å². The second-order valence-corrected chi connectivity index (χ2v) is 5.28. The van der Waals surface area contributed by atoms with E-state index in [0.717, 1.165) is 21.6 Å². The van der Waals surface area contributed by atoms with Gasteiger partial charge in [0.15, 0.2) is 0 Å². The monoisotopic (exact) mass is 348 g/mol. The highest BCUT2D eigenvalue weighted by atomic mass is 79.9. The third-order valence-electron chi connectivity index (χ3n) is 2.75. The summed E-state index contributed by atoms with van der Waals surface area (Å²) in [4.78, 5) is 11.8. The number of halogens is 1. The Bertz CT molecular complexity index is 582. The molecular weight excluding hydrogens is 332 g/mol. The summed E-state index contributed by atoms with van der Waals surface area (Å²) in [6.07, 6.45) is 0. The van der Waals surface area contributed by atoms with Crippen molar-refractivity contribution in [3.8, 4) is 5.75 Å². The molecule has 1 amide bonds. The van der Waals surface area contributed by atoms with E-state index in [1.807, 2.05) is 55.5 Å². The van der Waals surface area contributed by atoms with Gasteiger partial charge in [-0.25, -0.2) is 0 Å². The number of hydrogen-bond donors (Lipinski definition) is 2. The van der Waals surface area contributed by atoms with E-state index in [0.29, 0.717) is 6.61 Å². The predicted octanol–water partition coefficient (Wildman–Crippen LogP) is 3.90. The second kappa shape index (κ2) is 7.69. The summed E-state index contributed by atoms with van der Waals surface area (Å²) in [5, 5.41) is 5.89. The molecule has 0 unspecified atom stereocenters. The average molecular weight is 349 g/mol. The minimum atomic E-state index is -0.0953. The van der Waals surface area contributed by atoms with Crippen LogP contribution in [0.5, 0.6) is 5.75 Å². The number of amides is 1. The summed E-state index contributed by atoms with van der Waals surface area (Å²) < 4.78 is 6.36. The molecule has 2 N–H and O–H groups in total. The molecule has 110 valence electrons. The first-order valence-electron chi connectivity index (χ1n) is 6.69. The minimum absolute atomic E-state index is 0.0953. The molecule has 21 heavy (non-hydrogen) atoms. The van der Waals surface area contributed by atoms with Crippen LogP contribution in [0.25, 0.3) is 0 Å². The molecule has 5 heteroatoms. The van der Waals surface area contributed by atoms with E-state index >= 15 is 0 Å². The zero-order valence-electron chi connectivity index (χ0n) is 11.7. The van der Waals surface area contributed by atoms with Crippen LogP contribution in [0.4, 0.5) is 11.4 Å². The Labute approximate surface area is 132 Å². The van der Waals surface area contributed by atoms with Crippen molar-refractivity contribution in [2.75, 3.05) is 23.8 Å². The maximum atomic E-state index is 11.8. The fraction of sp³-hybridized carbons (Fsp3) is 0.188. The molecule has 0 radical (unpaired) electrons. The van der Waals surface area contributed by atoms with Crippen molar-refractivity contribution in [3.63, 3.8) is 0 Å². The third-order valence-corrected chi connectivity index (χ3v) is 3.28. The summed E-state index contributed by atoms with van der Waals surface area (Å²) in [7, 11) is 0. The molecule has 0 bridgehead atoms. The van der Waals surface area contributed by atoms with Gasteiger partial charge in [-0.1, -0.05) is 15.9 Å². The van der Waals surface area contributed by atoms with E-state index in [9.17, 15) is 4.79 Å². The highest BCUT2D eigenvalue weighted by Gasteiger charge is 2.02. The van der Waals surface area contributed by atoms with E-state index in [2.05, 4.69) is 26.6 Å². The van der Waals surface area contributed by atoms with Crippen LogP contribution in [0.3, 0.4) is 0 Å². The summed E-state index contributed by atoms with van der Waals surface area (Å²) >= 11 is 3.37. The molecule has 2 aromatic carbocycles. The van der Waals surface area contributed by atoms with Crippen molar-refractivity contribution >= 4 is 33.2 Å². The maximum absolute atomic E-state index is 11.8. The lowest BCUT2D eigenvalue weighted by molar-refractivity contribution is -0.114. The summed E-state index contributed by atoms with van der Waals surface area (Å²) in [5.74, 6) is 0.700. The predicted molar refractivity (Wildman–Crippen MR) is 88.9 cm³/mol. The Morgan fingerprint density at radius 1 is 1.05 bits per heavy atom. The Morgan fingerprint density at radius 3 is 2.29 bits per heavy atom. The number of carbonyl (C=O) groups excluding carboxylic acids is 1. The van der Waals surface area contributed by atoms with Gasteiger partial charge in [0.25, 0.3) is 0 Å². The van der Waals surface area contributed by atoms with Crippen molar-refractivity contribution < 1.29 is 9.53 Å². The van der Waals surface area contributed by atoms with Crippen LogP contribution in [0, 0.1) is 0 Å². The van der Waals surface area contributed by atoms with Crippen LogP contribution in [0.15, 0.2) is 53.0 Å². The molecule has 0 aromatic heterocycles. The SMILES string of the molecule is CCOc1ccc(NC(=O)CNc2ccc(Br)cc2)cc1. The van der Waals surface area contributed by atoms with Gasteiger partial charge >= 0.3 is 0 Å². The first-order valence-corrected chi connectivity index (χ1v) is 7.49. The second-order valence-electron chi connectivity index (χ2n) is 4.37. The van der Waals surface area contributed by atoms with E-state index in [1.165, 1.54) is 0 Å². The molecule has 0 aliphatic heterocycles. The Kier molecular flexibility index (Phi) is 5.63. The van der Waals surface area contributed by atoms with Gasteiger partial charge in [-0.3, -0.25) is 4.79 Å². The normalized spacial score (nSPS) is 10.0. The van der Waals surface area contributed by atoms with Gasteiger partial charge in [0.1, 0.15) is 5.75 Å². The van der Waals surface area contributed by atoms with Crippen LogP contribution in [0.1, 0.15) is 6.92 Å². The first-order chi connectivity index (χ1) is 10.2. The van der Waals surface area contributed by atoms with E-state index in [4.69, 9.17) is 4.74 Å². The molecule has 0 saturated heterocycles. The van der Waals surface area contributed by atoms with Crippen molar-refractivity contribution in [1.82, 2.24) is 0 Å². The molecule has 2 aromatic rings. The number of benzene rings is 2. The average Bonchev–Trinajstić information content (AvgIpc) is 2.49. The lowest BCUT2D eigenvalue weighted by Gasteiger charge is -2.09. The fourth-order valence-electron chi connectivity index (χ4n) is 1.76. The number of rotatable bonds is 6. The van der Waals surface area contributed by atoms with Crippen LogP contribution in [-0.4, -0.2) is 19.1 Å². The zero-order valence-corrected chi connectivity index (χ0v) is 13.3. The molecule has 0 heterocycles. The topological polar surface area (TPSA) is 50.4 Å². The summed E-state index contributed by atoms with van der Waals surface area (Å²) in [5.41, 5.74) is 1.65. The number of hydrogen-bond acceptors (Lipinski definition) is 3. The third kappa shape index (κ3) is 5.11. The van der Waals surface area contributed by atoms with Crippen molar-refractivity contribution in [2.45, 2.75) is 6.92 Å². The van der Waals surface area contributed by atoms with Gasteiger partial charge in [0.05, 0.1) is 13.2 Å². The van der Waals surface area contributed by atoms with Crippen molar-refractivity contribution in [3.05, 3.63) is 53.0 Å². The fourth-order valence-corrected chi connectivity index (χ4v) is 2.02. The highest BCUT2D eigenvalue weighted by Crippen LogP contribution is 2.16. The Balaban J connectivity index is 1.82. The van der Waals surface area contributed by atoms with E-state index < -0.39 is 0 Å². The van der Waals surface area contributed by atoms with Gasteiger partial charge in [0.2, 0.25) is 5.91 Å². The smallest absolute Gasteiger partial charge is 0.243 e. The van der Waals surface area contributed by atoms with Crippen molar-refractivity contribution in [2.24, 2.45) is 0 Å². The zero-order chi connectivity index (χ0) is 15.1. The maximum Gasteiger partial charge on any atom is 0.243 e. The molecule has 0 spiro atoms. The number of carbonyl (C=O) groups is 1. The highest BCUT2D eigenvalue weighted by molar-refractivity contribution is 9.10. The van der Waals surface area contributed by atoms with Crippen LogP contribution >= 0.6 is 15.9 Å². The quantitative estimate of drug-likeness (QED) is 0.832. The molecule has 0 aliphatic carbocycles. The largest absolute Gasteiger partial charge is 0.494 e. The van der Waals surface area contributed by atoms with E-state index in [1.54, 1.807) is 0 Å². The Morgan fingerprint density at radius 2 is 1.67 bits per heavy atom. The van der Waals surface area contributed by atoms with Crippen LogP contribution < -0.4 is 15.4 Å². The van der Waals surface area contributed by atoms with E-state index in [-0.39, 0.29) is 12.5 Å². The van der Waals surface area contributed by atoms with Gasteiger partial charge in [0, 0.05) is 15.8 Å². The van der Waals surface area contributed by atoms with Gasteiger partial charge < -0.3 is 15.4 Å². The molecule has 0 aliphatic rings. The lowest BCUT2D eigenvalue weighted by atomic mass is 10.3. The standard InChI is InChI=1S/C16H17BrN2O2/c1-2-21-15-9-7-14(8-10-15)19-16(20)11-18-13-5-3-12(17)4-6-13/h3-10,18H,2,11H2,1H3,(H,19,20). The number of anilines is 2. The molecule has 4 nitrogen and oxygen atoms in total. The summed E-state index contributed by atoms with van der Waals surface area (Å²) in [6.45, 7) is 2.78. The molecular formula is C16H17BrN2O2. The minimum Gasteiger partial charge on any atom is -0.494 e. The van der Waals surface area contributed by atoms with Gasteiger partial charge in [-0.05, 0) is 55.5 Å². The van der Waals surface area contributed by atoms with Crippen LogP contribution in [-0.2, 0) is 4.79 Å². The van der Waals surface area contributed by atoms with Crippen LogP contribution in [0.2, 0.25) is 0 Å². The molecule has 2 rings (SSSR count).